The van der Waals surface area contributed by atoms with E-state index < -0.39 is 5.92 Å². The maximum atomic E-state index is 12.7. The molecule has 3 nitrogen and oxygen atoms in total. The predicted octanol–water partition coefficient (Wildman–Crippen LogP) is 3.08. The molecule has 1 amide bonds. The maximum Gasteiger partial charge on any atom is 0.253 e. The average molecular weight is 289 g/mol. The summed E-state index contributed by atoms with van der Waals surface area (Å²) < 4.78 is 30.9. The van der Waals surface area contributed by atoms with Crippen LogP contribution in [0.5, 0.6) is 0 Å². The van der Waals surface area contributed by atoms with E-state index in [1.807, 2.05) is 4.90 Å². The lowest BCUT2D eigenvalue weighted by molar-refractivity contribution is -0.181. The van der Waals surface area contributed by atoms with Gasteiger partial charge in [-0.3, -0.25) is 4.79 Å². The van der Waals surface area contributed by atoms with Gasteiger partial charge in [0, 0.05) is 25.9 Å². The number of carbonyl (C=O) groups is 1. The highest BCUT2D eigenvalue weighted by molar-refractivity contribution is 5.77. The average Bonchev–Trinajstić information content (AvgIpc) is 2.50. The third-order valence-electron chi connectivity index (χ3n) is 4.72. The molecule has 1 heterocycles. The van der Waals surface area contributed by atoms with Crippen LogP contribution in [0.2, 0.25) is 0 Å². The van der Waals surface area contributed by atoms with Gasteiger partial charge in [0.25, 0.3) is 5.92 Å². The molecule has 1 saturated carbocycles. The second-order valence-corrected chi connectivity index (χ2v) is 7.20. The Morgan fingerprint density at radius 3 is 2.45 bits per heavy atom. The van der Waals surface area contributed by atoms with Crippen molar-refractivity contribution in [2.24, 2.45) is 11.3 Å². The number of likely N-dealkylation sites (tertiary alicyclic amines) is 1. The smallest absolute Gasteiger partial charge is 0.253 e. The standard InChI is InChI=1S/C15H25F2NO2/c1-10-8-18(9-14(10,3)4)13(19)5-11(2)20-12-6-15(16,17)7-12/h10-12H,5-9H2,1-4H3/t10?,11-/m1/s1. The first kappa shape index (κ1) is 15.7. The van der Waals surface area contributed by atoms with Crippen molar-refractivity contribution in [2.75, 3.05) is 13.1 Å². The van der Waals surface area contributed by atoms with Crippen LogP contribution in [0, 0.1) is 11.3 Å². The highest BCUT2D eigenvalue weighted by atomic mass is 19.3. The van der Waals surface area contributed by atoms with Crippen LogP contribution in [0.15, 0.2) is 0 Å². The molecular weight excluding hydrogens is 264 g/mol. The first-order chi connectivity index (χ1) is 9.09. The zero-order valence-corrected chi connectivity index (χ0v) is 12.8. The Balaban J connectivity index is 1.75. The molecule has 0 aromatic heterocycles. The summed E-state index contributed by atoms with van der Waals surface area (Å²) in [5.41, 5.74) is 0.149. The molecule has 1 aliphatic heterocycles. The van der Waals surface area contributed by atoms with Crippen LogP contribution in [0.25, 0.3) is 0 Å². The van der Waals surface area contributed by atoms with Gasteiger partial charge < -0.3 is 9.64 Å². The van der Waals surface area contributed by atoms with Gasteiger partial charge in [0.1, 0.15) is 0 Å². The van der Waals surface area contributed by atoms with E-state index in [-0.39, 0.29) is 42.8 Å². The van der Waals surface area contributed by atoms with Crippen molar-refractivity contribution >= 4 is 5.91 Å². The van der Waals surface area contributed by atoms with Gasteiger partial charge in [0.2, 0.25) is 5.91 Å². The largest absolute Gasteiger partial charge is 0.374 e. The highest BCUT2D eigenvalue weighted by Gasteiger charge is 2.47. The second kappa shape index (κ2) is 5.24. The van der Waals surface area contributed by atoms with Crippen molar-refractivity contribution in [1.82, 2.24) is 4.90 Å². The van der Waals surface area contributed by atoms with Gasteiger partial charge in [0.05, 0.1) is 18.6 Å². The molecule has 20 heavy (non-hydrogen) atoms. The Hall–Kier alpha value is -0.710. The first-order valence-corrected chi connectivity index (χ1v) is 7.40. The molecule has 5 heteroatoms. The number of alkyl halides is 2. The molecule has 0 radical (unpaired) electrons. The number of nitrogens with zero attached hydrogens (tertiary/aromatic N) is 1. The fourth-order valence-electron chi connectivity index (χ4n) is 2.93. The fraction of sp³-hybridized carbons (Fsp3) is 0.933. The molecule has 2 atom stereocenters. The van der Waals surface area contributed by atoms with E-state index >= 15 is 0 Å². The van der Waals surface area contributed by atoms with Crippen LogP contribution < -0.4 is 0 Å². The van der Waals surface area contributed by atoms with Gasteiger partial charge in [-0.05, 0) is 18.3 Å². The monoisotopic (exact) mass is 289 g/mol. The molecule has 2 fully saturated rings. The summed E-state index contributed by atoms with van der Waals surface area (Å²) >= 11 is 0. The van der Waals surface area contributed by atoms with E-state index in [0.717, 1.165) is 13.1 Å². The fourth-order valence-corrected chi connectivity index (χ4v) is 2.93. The summed E-state index contributed by atoms with van der Waals surface area (Å²) in [7, 11) is 0. The maximum absolute atomic E-state index is 12.7. The predicted molar refractivity (Wildman–Crippen MR) is 72.7 cm³/mol. The van der Waals surface area contributed by atoms with E-state index in [0.29, 0.717) is 5.92 Å². The number of hydrogen-bond donors (Lipinski definition) is 0. The number of ether oxygens (including phenoxy) is 1. The van der Waals surface area contributed by atoms with Gasteiger partial charge >= 0.3 is 0 Å². The van der Waals surface area contributed by atoms with Crippen molar-refractivity contribution in [1.29, 1.82) is 0 Å². The highest BCUT2D eigenvalue weighted by Crippen LogP contribution is 2.40. The number of rotatable bonds is 4. The third-order valence-corrected chi connectivity index (χ3v) is 4.72. The van der Waals surface area contributed by atoms with E-state index in [2.05, 4.69) is 20.8 Å². The second-order valence-electron chi connectivity index (χ2n) is 7.20. The van der Waals surface area contributed by atoms with Crippen LogP contribution >= 0.6 is 0 Å². The zero-order valence-electron chi connectivity index (χ0n) is 12.8. The number of halogens is 2. The van der Waals surface area contributed by atoms with Gasteiger partial charge in [0.15, 0.2) is 0 Å². The molecule has 1 unspecified atom stereocenters. The Morgan fingerprint density at radius 2 is 2.00 bits per heavy atom. The van der Waals surface area contributed by atoms with E-state index in [1.54, 1.807) is 6.92 Å². The Morgan fingerprint density at radius 1 is 1.40 bits per heavy atom. The van der Waals surface area contributed by atoms with E-state index in [1.165, 1.54) is 0 Å². The Kier molecular flexibility index (Phi) is 4.11. The Labute approximate surface area is 119 Å². The lowest BCUT2D eigenvalue weighted by Gasteiger charge is -2.36. The Bertz CT molecular complexity index is 376. The van der Waals surface area contributed by atoms with Crippen molar-refractivity contribution in [3.05, 3.63) is 0 Å². The molecule has 2 rings (SSSR count). The molecule has 0 aromatic rings. The van der Waals surface area contributed by atoms with Crippen LogP contribution in [-0.2, 0) is 9.53 Å². The SMILES string of the molecule is CC1CN(C(=O)C[C@@H](C)OC2CC(F)(F)C2)CC1(C)C. The summed E-state index contributed by atoms with van der Waals surface area (Å²) in [6, 6.07) is 0. The van der Waals surface area contributed by atoms with Gasteiger partial charge in [-0.25, -0.2) is 8.78 Å². The molecule has 2 aliphatic rings. The molecule has 1 aliphatic carbocycles. The van der Waals surface area contributed by atoms with Crippen molar-refractivity contribution < 1.29 is 18.3 Å². The molecule has 116 valence electrons. The minimum Gasteiger partial charge on any atom is -0.374 e. The summed E-state index contributed by atoms with van der Waals surface area (Å²) in [4.78, 5) is 14.1. The summed E-state index contributed by atoms with van der Waals surface area (Å²) in [5.74, 6) is -2.02. The van der Waals surface area contributed by atoms with Crippen molar-refractivity contribution in [3.8, 4) is 0 Å². The molecule has 0 spiro atoms. The minimum absolute atomic E-state index is 0.0704. The van der Waals surface area contributed by atoms with Crippen LogP contribution in [0.4, 0.5) is 8.78 Å². The lowest BCUT2D eigenvalue weighted by Crippen LogP contribution is -2.43. The van der Waals surface area contributed by atoms with Crippen molar-refractivity contribution in [2.45, 2.75) is 65.1 Å². The number of amides is 1. The molecule has 0 bridgehead atoms. The molecule has 0 aromatic carbocycles. The van der Waals surface area contributed by atoms with E-state index in [4.69, 9.17) is 4.74 Å². The van der Waals surface area contributed by atoms with Crippen LogP contribution in [0.1, 0.15) is 47.0 Å². The molecule has 0 N–H and O–H groups in total. The topological polar surface area (TPSA) is 29.5 Å². The minimum atomic E-state index is -2.57. The number of hydrogen-bond acceptors (Lipinski definition) is 2. The normalized spacial score (nSPS) is 30.1. The van der Waals surface area contributed by atoms with E-state index in [9.17, 15) is 13.6 Å². The molecular formula is C15H25F2NO2. The molecule has 1 saturated heterocycles. The van der Waals surface area contributed by atoms with Gasteiger partial charge in [-0.15, -0.1) is 0 Å². The van der Waals surface area contributed by atoms with Crippen molar-refractivity contribution in [3.63, 3.8) is 0 Å². The summed E-state index contributed by atoms with van der Waals surface area (Å²) in [6.45, 7) is 9.83. The summed E-state index contributed by atoms with van der Waals surface area (Å²) in [5, 5.41) is 0. The van der Waals surface area contributed by atoms with Gasteiger partial charge in [-0.2, -0.15) is 0 Å². The van der Waals surface area contributed by atoms with Crippen LogP contribution in [-0.4, -0.2) is 42.0 Å². The van der Waals surface area contributed by atoms with Crippen LogP contribution in [0.3, 0.4) is 0 Å². The number of carbonyl (C=O) groups excluding carboxylic acids is 1. The zero-order chi connectivity index (χ0) is 15.1. The summed E-state index contributed by atoms with van der Waals surface area (Å²) in [6.07, 6.45) is -0.812. The first-order valence-electron chi connectivity index (χ1n) is 7.40. The third kappa shape index (κ3) is 3.48. The van der Waals surface area contributed by atoms with Gasteiger partial charge in [-0.1, -0.05) is 20.8 Å². The quantitative estimate of drug-likeness (QED) is 0.796. The lowest BCUT2D eigenvalue weighted by atomic mass is 9.84.